The highest BCUT2D eigenvalue weighted by molar-refractivity contribution is 6.31. The number of hydrogen-bond donors (Lipinski definition) is 0. The monoisotopic (exact) mass is 182 g/mol. The minimum absolute atomic E-state index is 0.406. The zero-order valence-corrected chi connectivity index (χ0v) is 7.50. The Bertz CT molecular complexity index is 359. The van der Waals surface area contributed by atoms with Crippen molar-refractivity contribution in [2.75, 3.05) is 0 Å². The van der Waals surface area contributed by atoms with E-state index in [1.807, 2.05) is 14.0 Å². The molecule has 0 bridgehead atoms. The first kappa shape index (κ1) is 7.49. The Morgan fingerprint density at radius 1 is 1.42 bits per heavy atom. The fourth-order valence-corrected chi connectivity index (χ4v) is 1.25. The van der Waals surface area contributed by atoms with E-state index in [0.29, 0.717) is 10.8 Å². The van der Waals surface area contributed by atoms with Crippen LogP contribution in [0.25, 0.3) is 11.5 Å². The maximum atomic E-state index is 5.82. The van der Waals surface area contributed by atoms with Crippen LogP contribution in [-0.4, -0.2) is 19.5 Å². The van der Waals surface area contributed by atoms with Crippen molar-refractivity contribution >= 4 is 11.6 Å². The van der Waals surface area contributed by atoms with Crippen LogP contribution in [0.5, 0.6) is 0 Å². The van der Waals surface area contributed by atoms with E-state index in [0.717, 1.165) is 11.6 Å². The van der Waals surface area contributed by atoms with E-state index in [1.165, 1.54) is 0 Å². The normalized spacial score (nSPS) is 10.9. The molecular weight excluding hydrogens is 176 g/mol. The quantitative estimate of drug-likeness (QED) is 0.577. The lowest BCUT2D eigenvalue weighted by atomic mass is 10.4. The summed E-state index contributed by atoms with van der Waals surface area (Å²) in [5.41, 5.74) is 0.666. The maximum Gasteiger partial charge on any atom is 0.164 e. The van der Waals surface area contributed by atoms with E-state index < -0.39 is 0 Å². The number of fused-ring (bicyclic) bond motifs is 1. The standard InChI is InChI=1S/C7H7ClN4/c1-4-10-5-6(8)9-3-12(2)7(5)11-4/h3H,1-2H3. The number of rotatable bonds is 0. The zero-order valence-electron chi connectivity index (χ0n) is 6.74. The minimum Gasteiger partial charge on any atom is -0.318 e. The molecule has 0 saturated heterocycles. The van der Waals surface area contributed by atoms with E-state index in [9.17, 15) is 0 Å². The molecule has 2 heterocycles. The zero-order chi connectivity index (χ0) is 8.72. The average Bonchev–Trinajstić information content (AvgIpc) is 2.41. The van der Waals surface area contributed by atoms with Gasteiger partial charge in [-0.15, -0.1) is 0 Å². The van der Waals surface area contributed by atoms with E-state index in [-0.39, 0.29) is 0 Å². The molecule has 2 aliphatic rings. The molecule has 2 aliphatic heterocycles. The molecule has 0 aromatic rings. The van der Waals surface area contributed by atoms with Gasteiger partial charge in [0.2, 0.25) is 0 Å². The van der Waals surface area contributed by atoms with Crippen LogP contribution in [0.1, 0.15) is 5.82 Å². The fraction of sp³-hybridized carbons (Fsp3) is 0.286. The van der Waals surface area contributed by atoms with Crippen molar-refractivity contribution in [3.8, 4) is 11.5 Å². The molecule has 0 radical (unpaired) electrons. The largest absolute Gasteiger partial charge is 0.318 e. The summed E-state index contributed by atoms with van der Waals surface area (Å²) in [5.74, 6) is 1.49. The minimum atomic E-state index is 0.406. The van der Waals surface area contributed by atoms with Gasteiger partial charge in [0.1, 0.15) is 11.5 Å². The lowest BCUT2D eigenvalue weighted by molar-refractivity contribution is 0.850. The molecule has 2 rings (SSSR count). The van der Waals surface area contributed by atoms with E-state index in [2.05, 4.69) is 15.0 Å². The Kier molecular flexibility index (Phi) is 1.51. The fourth-order valence-electron chi connectivity index (χ4n) is 1.08. The van der Waals surface area contributed by atoms with Crippen LogP contribution in [0.2, 0.25) is 5.15 Å². The lowest BCUT2D eigenvalue weighted by Gasteiger charge is -2.02. The molecule has 0 N–H and O–H groups in total. The van der Waals surface area contributed by atoms with Crippen LogP contribution >= 0.6 is 11.6 Å². The second kappa shape index (κ2) is 2.42. The number of halogens is 1. The van der Waals surface area contributed by atoms with Gasteiger partial charge in [-0.25, -0.2) is 15.0 Å². The third-order valence-electron chi connectivity index (χ3n) is 1.63. The van der Waals surface area contributed by atoms with Gasteiger partial charge in [0.25, 0.3) is 0 Å². The molecule has 0 atom stereocenters. The predicted molar refractivity (Wildman–Crippen MR) is 45.2 cm³/mol. The number of hydrogen-bond acceptors (Lipinski definition) is 3. The van der Waals surface area contributed by atoms with Crippen LogP contribution in [0.3, 0.4) is 0 Å². The Morgan fingerprint density at radius 2 is 2.17 bits per heavy atom. The number of imidazole rings is 1. The van der Waals surface area contributed by atoms with Gasteiger partial charge < -0.3 is 4.57 Å². The first-order valence-electron chi connectivity index (χ1n) is 3.49. The lowest BCUT2D eigenvalue weighted by Crippen LogP contribution is -1.99. The molecule has 0 spiro atoms. The summed E-state index contributed by atoms with van der Waals surface area (Å²) < 4.78 is 1.79. The van der Waals surface area contributed by atoms with Crippen molar-refractivity contribution in [3.63, 3.8) is 0 Å². The van der Waals surface area contributed by atoms with Crippen molar-refractivity contribution in [1.29, 1.82) is 0 Å². The molecule has 0 aromatic carbocycles. The second-order valence-electron chi connectivity index (χ2n) is 2.59. The Morgan fingerprint density at radius 3 is 2.83 bits per heavy atom. The molecule has 0 aromatic heterocycles. The SMILES string of the molecule is Cc1nc2c(Cl)ncn(C)c-2n1. The smallest absolute Gasteiger partial charge is 0.164 e. The summed E-state index contributed by atoms with van der Waals surface area (Å²) in [4.78, 5) is 12.3. The molecule has 12 heavy (non-hydrogen) atoms. The Hall–Kier alpha value is -1.16. The molecule has 0 amide bonds. The van der Waals surface area contributed by atoms with Crippen LogP contribution in [0, 0.1) is 6.92 Å². The third kappa shape index (κ3) is 0.956. The van der Waals surface area contributed by atoms with E-state index in [4.69, 9.17) is 11.6 Å². The van der Waals surface area contributed by atoms with Crippen molar-refractivity contribution in [2.45, 2.75) is 6.92 Å². The summed E-state index contributed by atoms with van der Waals surface area (Å²) in [7, 11) is 1.86. The van der Waals surface area contributed by atoms with Gasteiger partial charge in [-0.2, -0.15) is 0 Å². The molecule has 62 valence electrons. The van der Waals surface area contributed by atoms with Gasteiger partial charge in [-0.1, -0.05) is 11.6 Å². The predicted octanol–water partition coefficient (Wildman–Crippen LogP) is 1.28. The molecule has 5 heteroatoms. The number of aromatic nitrogens is 4. The number of nitrogens with zero attached hydrogens (tertiary/aromatic N) is 4. The van der Waals surface area contributed by atoms with Crippen LogP contribution in [0.4, 0.5) is 0 Å². The molecule has 0 aliphatic carbocycles. The maximum absolute atomic E-state index is 5.82. The third-order valence-corrected chi connectivity index (χ3v) is 1.90. The summed E-state index contributed by atoms with van der Waals surface area (Å²) in [6, 6.07) is 0. The summed E-state index contributed by atoms with van der Waals surface area (Å²) in [6.45, 7) is 1.83. The molecule has 0 unspecified atom stereocenters. The van der Waals surface area contributed by atoms with Crippen molar-refractivity contribution in [2.24, 2.45) is 7.05 Å². The van der Waals surface area contributed by atoms with Crippen LogP contribution < -0.4 is 0 Å². The Balaban J connectivity index is 2.82. The highest BCUT2D eigenvalue weighted by atomic mass is 35.5. The summed E-state index contributed by atoms with van der Waals surface area (Å²) in [6.07, 6.45) is 1.62. The van der Waals surface area contributed by atoms with Gasteiger partial charge in [0.15, 0.2) is 11.0 Å². The molecule has 4 nitrogen and oxygen atoms in total. The van der Waals surface area contributed by atoms with Crippen molar-refractivity contribution < 1.29 is 0 Å². The van der Waals surface area contributed by atoms with Crippen molar-refractivity contribution in [3.05, 3.63) is 17.3 Å². The highest BCUT2D eigenvalue weighted by Gasteiger charge is 2.15. The van der Waals surface area contributed by atoms with Crippen LogP contribution in [-0.2, 0) is 7.05 Å². The molecule has 0 saturated carbocycles. The first-order valence-corrected chi connectivity index (χ1v) is 3.87. The van der Waals surface area contributed by atoms with Gasteiger partial charge in [0.05, 0.1) is 6.33 Å². The summed E-state index contributed by atoms with van der Waals surface area (Å²) >= 11 is 5.82. The van der Waals surface area contributed by atoms with E-state index in [1.54, 1.807) is 10.9 Å². The first-order chi connectivity index (χ1) is 5.68. The topological polar surface area (TPSA) is 43.6 Å². The van der Waals surface area contributed by atoms with E-state index >= 15 is 0 Å². The molecular formula is C7H7ClN4. The summed E-state index contributed by atoms with van der Waals surface area (Å²) in [5, 5.41) is 0.406. The van der Waals surface area contributed by atoms with Gasteiger partial charge in [0, 0.05) is 7.05 Å². The molecule has 0 fully saturated rings. The van der Waals surface area contributed by atoms with Gasteiger partial charge in [-0.05, 0) is 6.92 Å². The van der Waals surface area contributed by atoms with Gasteiger partial charge in [-0.3, -0.25) is 0 Å². The van der Waals surface area contributed by atoms with Crippen molar-refractivity contribution in [1.82, 2.24) is 19.5 Å². The second-order valence-corrected chi connectivity index (χ2v) is 2.95. The Labute approximate surface area is 74.6 Å². The van der Waals surface area contributed by atoms with Crippen LogP contribution in [0.15, 0.2) is 6.33 Å². The number of aryl methyl sites for hydroxylation is 2. The van der Waals surface area contributed by atoms with Gasteiger partial charge >= 0.3 is 0 Å². The highest BCUT2D eigenvalue weighted by Crippen LogP contribution is 2.23. The average molecular weight is 183 g/mol.